The number of pyridine rings is 2. The lowest BCUT2D eigenvalue weighted by atomic mass is 9.97. The zero-order valence-electron chi connectivity index (χ0n) is 21.6. The van der Waals surface area contributed by atoms with Crippen LogP contribution in [0.4, 0.5) is 13.2 Å². The van der Waals surface area contributed by atoms with Crippen molar-refractivity contribution in [2.75, 3.05) is 6.54 Å². The Labute approximate surface area is 218 Å². The van der Waals surface area contributed by atoms with Gasteiger partial charge in [-0.1, -0.05) is 32.0 Å². The highest BCUT2D eigenvalue weighted by molar-refractivity contribution is 5.81. The van der Waals surface area contributed by atoms with Crippen LogP contribution in [0.25, 0.3) is 11.1 Å². The molecule has 1 amide bonds. The summed E-state index contributed by atoms with van der Waals surface area (Å²) in [5.41, 5.74) is 1.90. The SMILES string of the molecule is Cc1cccc(C)c1-c1cncc(OC(=O)CCNC(=O)[C@H](CC(C)C)n2ccc(C(F)(F)F)cc2=O)c1. The lowest BCUT2D eigenvalue weighted by molar-refractivity contribution is -0.138. The van der Waals surface area contributed by atoms with Gasteiger partial charge in [0.1, 0.15) is 11.8 Å². The van der Waals surface area contributed by atoms with E-state index in [4.69, 9.17) is 4.74 Å². The van der Waals surface area contributed by atoms with E-state index < -0.39 is 35.2 Å². The molecule has 1 atom stereocenters. The molecule has 0 spiro atoms. The first-order valence-electron chi connectivity index (χ1n) is 12.2. The van der Waals surface area contributed by atoms with E-state index in [9.17, 15) is 27.6 Å². The van der Waals surface area contributed by atoms with E-state index in [-0.39, 0.29) is 31.1 Å². The maximum Gasteiger partial charge on any atom is 0.416 e. The summed E-state index contributed by atoms with van der Waals surface area (Å²) in [6.07, 6.45) is -0.521. The Bertz CT molecular complexity index is 1350. The summed E-state index contributed by atoms with van der Waals surface area (Å²) in [5.74, 6) is -0.943. The van der Waals surface area contributed by atoms with Crippen LogP contribution >= 0.6 is 0 Å². The second-order valence-electron chi connectivity index (χ2n) is 9.50. The summed E-state index contributed by atoms with van der Waals surface area (Å²) in [6.45, 7) is 7.54. The Morgan fingerprint density at radius 1 is 1.08 bits per heavy atom. The zero-order chi connectivity index (χ0) is 28.0. The number of hydrogen-bond acceptors (Lipinski definition) is 5. The molecule has 0 aliphatic rings. The van der Waals surface area contributed by atoms with Crippen LogP contribution in [0.15, 0.2) is 59.8 Å². The van der Waals surface area contributed by atoms with Crippen LogP contribution in [-0.4, -0.2) is 28.0 Å². The second kappa shape index (κ2) is 12.1. The molecule has 1 aromatic carbocycles. The average molecular weight is 530 g/mol. The smallest absolute Gasteiger partial charge is 0.416 e. The van der Waals surface area contributed by atoms with Crippen molar-refractivity contribution in [3.8, 4) is 16.9 Å². The quantitative estimate of drug-likeness (QED) is 0.383. The predicted molar refractivity (Wildman–Crippen MR) is 137 cm³/mol. The number of benzene rings is 1. The first-order chi connectivity index (χ1) is 17.9. The lowest BCUT2D eigenvalue weighted by Gasteiger charge is -2.21. The molecule has 2 aromatic heterocycles. The van der Waals surface area contributed by atoms with Crippen molar-refractivity contribution in [1.29, 1.82) is 0 Å². The van der Waals surface area contributed by atoms with Crippen LogP contribution in [0, 0.1) is 19.8 Å². The van der Waals surface area contributed by atoms with E-state index in [1.165, 1.54) is 6.20 Å². The average Bonchev–Trinajstić information content (AvgIpc) is 2.82. The molecule has 0 unspecified atom stereocenters. The third kappa shape index (κ3) is 7.30. The minimum atomic E-state index is -4.66. The molecular weight excluding hydrogens is 499 g/mol. The fourth-order valence-corrected chi connectivity index (χ4v) is 4.19. The number of nitrogens with zero attached hydrogens (tertiary/aromatic N) is 2. The number of aromatic nitrogens is 2. The normalized spacial score (nSPS) is 12.3. The van der Waals surface area contributed by atoms with Gasteiger partial charge in [0, 0.05) is 30.6 Å². The predicted octanol–water partition coefficient (Wildman–Crippen LogP) is 5.25. The molecule has 1 N–H and O–H groups in total. The number of rotatable bonds is 9. The molecule has 7 nitrogen and oxygen atoms in total. The first-order valence-corrected chi connectivity index (χ1v) is 12.2. The van der Waals surface area contributed by atoms with Crippen molar-refractivity contribution >= 4 is 11.9 Å². The molecule has 0 saturated carbocycles. The van der Waals surface area contributed by atoms with E-state index in [1.807, 2.05) is 45.9 Å². The van der Waals surface area contributed by atoms with E-state index in [1.54, 1.807) is 12.3 Å². The van der Waals surface area contributed by atoms with Crippen molar-refractivity contribution in [1.82, 2.24) is 14.9 Å². The number of alkyl halides is 3. The summed E-state index contributed by atoms with van der Waals surface area (Å²) in [6, 6.07) is 7.84. The number of nitrogens with one attached hydrogen (secondary N) is 1. The van der Waals surface area contributed by atoms with Crippen molar-refractivity contribution in [3.05, 3.63) is 82.0 Å². The largest absolute Gasteiger partial charge is 0.425 e. The summed E-state index contributed by atoms with van der Waals surface area (Å²) in [7, 11) is 0. The van der Waals surface area contributed by atoms with Crippen molar-refractivity contribution in [2.45, 2.75) is 52.8 Å². The van der Waals surface area contributed by atoms with Gasteiger partial charge in [-0.05, 0) is 55.0 Å². The number of aryl methyl sites for hydroxylation is 2. The van der Waals surface area contributed by atoms with Crippen LogP contribution < -0.4 is 15.6 Å². The van der Waals surface area contributed by atoms with Crippen LogP contribution in [0.2, 0.25) is 0 Å². The van der Waals surface area contributed by atoms with Gasteiger partial charge in [0.05, 0.1) is 18.2 Å². The maximum absolute atomic E-state index is 12.9. The third-order valence-corrected chi connectivity index (χ3v) is 5.95. The monoisotopic (exact) mass is 529 g/mol. The van der Waals surface area contributed by atoms with Gasteiger partial charge in [-0.15, -0.1) is 0 Å². The Kier molecular flexibility index (Phi) is 9.08. The fraction of sp³-hybridized carbons (Fsp3) is 0.357. The Morgan fingerprint density at radius 3 is 2.37 bits per heavy atom. The number of hydrogen-bond donors (Lipinski definition) is 1. The van der Waals surface area contributed by atoms with Gasteiger partial charge in [0.2, 0.25) is 5.91 Å². The zero-order valence-corrected chi connectivity index (χ0v) is 21.6. The van der Waals surface area contributed by atoms with Gasteiger partial charge >= 0.3 is 12.1 Å². The molecule has 2 heterocycles. The molecule has 0 saturated heterocycles. The van der Waals surface area contributed by atoms with Gasteiger partial charge in [-0.2, -0.15) is 13.2 Å². The number of carbonyl (C=O) groups is 2. The van der Waals surface area contributed by atoms with Crippen molar-refractivity contribution < 1.29 is 27.5 Å². The molecule has 3 rings (SSSR count). The number of esters is 1. The van der Waals surface area contributed by atoms with Gasteiger partial charge in [-0.3, -0.25) is 19.4 Å². The summed E-state index contributed by atoms with van der Waals surface area (Å²) in [4.78, 5) is 41.8. The number of ether oxygens (including phenoxy) is 1. The molecule has 0 fully saturated rings. The molecule has 38 heavy (non-hydrogen) atoms. The van der Waals surface area contributed by atoms with Crippen molar-refractivity contribution in [2.24, 2.45) is 5.92 Å². The molecule has 10 heteroatoms. The highest BCUT2D eigenvalue weighted by Gasteiger charge is 2.32. The Hall–Kier alpha value is -3.95. The Balaban J connectivity index is 1.64. The summed E-state index contributed by atoms with van der Waals surface area (Å²) < 4.78 is 45.2. The van der Waals surface area contributed by atoms with Gasteiger partial charge < -0.3 is 14.6 Å². The Morgan fingerprint density at radius 2 is 1.76 bits per heavy atom. The van der Waals surface area contributed by atoms with Crippen LogP contribution in [-0.2, 0) is 15.8 Å². The lowest BCUT2D eigenvalue weighted by Crippen LogP contribution is -2.39. The number of halogens is 3. The van der Waals surface area contributed by atoms with Crippen molar-refractivity contribution in [3.63, 3.8) is 0 Å². The van der Waals surface area contributed by atoms with E-state index in [2.05, 4.69) is 10.3 Å². The molecule has 0 bridgehead atoms. The molecule has 0 radical (unpaired) electrons. The molecule has 0 aliphatic carbocycles. The van der Waals surface area contributed by atoms with E-state index >= 15 is 0 Å². The molecule has 0 aliphatic heterocycles. The molecule has 3 aromatic rings. The van der Waals surface area contributed by atoms with Gasteiger partial charge in [-0.25, -0.2) is 0 Å². The fourth-order valence-electron chi connectivity index (χ4n) is 4.19. The summed E-state index contributed by atoms with van der Waals surface area (Å²) >= 11 is 0. The summed E-state index contributed by atoms with van der Waals surface area (Å²) in [5, 5.41) is 2.59. The molecule has 202 valence electrons. The highest BCUT2D eigenvalue weighted by Crippen LogP contribution is 2.29. The first kappa shape index (κ1) is 28.6. The minimum Gasteiger partial charge on any atom is -0.425 e. The van der Waals surface area contributed by atoms with Crippen LogP contribution in [0.3, 0.4) is 0 Å². The highest BCUT2D eigenvalue weighted by atomic mass is 19.4. The number of amides is 1. The molecular formula is C28H30F3N3O4. The standard InChI is InChI=1S/C28H30F3N3O4/c1-17(2)12-23(34-11-9-21(14-24(34)35)28(29,30)31)27(37)33-10-8-25(36)38-22-13-20(15-32-16-22)26-18(3)6-5-7-19(26)4/h5-7,9,11,13-17,23H,8,10,12H2,1-4H3,(H,33,37)/t23-/m0/s1. The van der Waals surface area contributed by atoms with Crippen LogP contribution in [0.5, 0.6) is 5.75 Å². The van der Waals surface area contributed by atoms with Gasteiger partial charge in [0.15, 0.2) is 0 Å². The topological polar surface area (TPSA) is 90.3 Å². The minimum absolute atomic E-state index is 0.0263. The van der Waals surface area contributed by atoms with E-state index in [0.29, 0.717) is 6.07 Å². The number of carbonyl (C=O) groups excluding carboxylic acids is 2. The van der Waals surface area contributed by atoms with E-state index in [0.717, 1.165) is 39.1 Å². The van der Waals surface area contributed by atoms with Crippen LogP contribution in [0.1, 0.15) is 49.4 Å². The van der Waals surface area contributed by atoms with Gasteiger partial charge in [0.25, 0.3) is 5.56 Å². The third-order valence-electron chi connectivity index (χ3n) is 5.95. The maximum atomic E-state index is 12.9. The second-order valence-corrected chi connectivity index (χ2v) is 9.50.